The van der Waals surface area contributed by atoms with Crippen molar-refractivity contribution in [3.05, 3.63) is 12.0 Å². The Labute approximate surface area is 229 Å². The Morgan fingerprint density at radius 1 is 1.23 bits per heavy atom. The Morgan fingerprint density at radius 2 is 1.90 bits per heavy atom. The number of ether oxygens (including phenoxy) is 1. The lowest BCUT2D eigenvalue weighted by Crippen LogP contribution is -2.42. The lowest BCUT2D eigenvalue weighted by Gasteiger charge is -2.27. The molecule has 1 aromatic rings. The highest BCUT2D eigenvalue weighted by molar-refractivity contribution is 8.00. The monoisotopic (exact) mass is 655 g/mol. The van der Waals surface area contributed by atoms with Crippen LogP contribution in [0.2, 0.25) is 0 Å². The number of carboxylic acid groups (broad SMARTS) is 1. The van der Waals surface area contributed by atoms with Crippen LogP contribution >= 0.6 is 35.2 Å². The van der Waals surface area contributed by atoms with Crippen molar-refractivity contribution in [2.45, 2.75) is 48.4 Å². The van der Waals surface area contributed by atoms with Gasteiger partial charge in [-0.15, -0.1) is 0 Å². The molecule has 13 N–H and O–H groups in total. The van der Waals surface area contributed by atoms with Crippen LogP contribution < -0.4 is 21.9 Å². The largest absolute Gasteiger partial charge is 0.489 e. The number of anilines is 1. The second-order valence-electron chi connectivity index (χ2n) is 8.37. The molecule has 9 atom stereocenters. The summed E-state index contributed by atoms with van der Waals surface area (Å²) in [6.07, 6.45) is -4.08. The molecule has 3 rings (SSSR count). The van der Waals surface area contributed by atoms with Crippen LogP contribution in [-0.4, -0.2) is 98.7 Å². The number of aliphatic carboxylic acids is 1. The fourth-order valence-corrected chi connectivity index (χ4v) is 8.34. The molecule has 5 unspecified atom stereocenters. The van der Waals surface area contributed by atoms with Crippen LogP contribution in [0.25, 0.3) is 0 Å². The quantitative estimate of drug-likeness (QED) is 0.0941. The molecule has 3 heterocycles. The van der Waals surface area contributed by atoms with E-state index in [4.69, 9.17) is 31.1 Å². The minimum absolute atomic E-state index is 0.0108. The van der Waals surface area contributed by atoms with Crippen molar-refractivity contribution < 1.29 is 66.7 Å². The standard InChI is InChI=1S/C15H28N7O14P3S/c16-6(15(25)26)1-2-40-7(3-21-37(27,28)35-39(32,33)36-38(29,30)31)11-9(23)10(24)14(34-11)22-5-20-8-12(17)18-4-19-13(8)22/h4-7,9-12,14,23-24H,1-3,16-17H2,(H,18,19)(H,25,26)(H,32,33)(H2,21,27,28)(H2,29,30,31)/t6?,7-,9-,10+,11+,12?,14?/m0/s1. The van der Waals surface area contributed by atoms with Crippen molar-refractivity contribution in [2.24, 2.45) is 16.5 Å². The second kappa shape index (κ2) is 12.9. The van der Waals surface area contributed by atoms with Gasteiger partial charge in [0.15, 0.2) is 6.23 Å². The van der Waals surface area contributed by atoms with Crippen LogP contribution in [0, 0.1) is 0 Å². The minimum atomic E-state index is -5.73. The van der Waals surface area contributed by atoms with E-state index in [0.29, 0.717) is 11.5 Å². The molecule has 0 saturated carbocycles. The Morgan fingerprint density at radius 3 is 2.52 bits per heavy atom. The molecule has 0 aromatic carbocycles. The first-order valence-corrected chi connectivity index (χ1v) is 16.7. The summed E-state index contributed by atoms with van der Waals surface area (Å²) in [4.78, 5) is 55.8. The van der Waals surface area contributed by atoms with E-state index < -0.39 is 77.9 Å². The summed E-state index contributed by atoms with van der Waals surface area (Å²) in [7, 11) is -16.6. The first-order valence-electron chi connectivity index (χ1n) is 11.0. The third kappa shape index (κ3) is 8.62. The molecule has 1 saturated heterocycles. The van der Waals surface area contributed by atoms with Crippen LogP contribution in [-0.2, 0) is 31.8 Å². The predicted molar refractivity (Wildman–Crippen MR) is 136 cm³/mol. The number of nitrogens with one attached hydrogen (secondary N) is 2. The molecule has 2 aliphatic rings. The Kier molecular flexibility index (Phi) is 10.7. The van der Waals surface area contributed by atoms with Gasteiger partial charge in [-0.25, -0.2) is 23.8 Å². The van der Waals surface area contributed by atoms with Gasteiger partial charge in [0.1, 0.15) is 42.0 Å². The number of rotatable bonds is 14. The molecule has 228 valence electrons. The van der Waals surface area contributed by atoms with E-state index in [1.807, 2.05) is 5.09 Å². The maximum absolute atomic E-state index is 12.3. The molecule has 1 fully saturated rings. The lowest BCUT2D eigenvalue weighted by molar-refractivity contribution is -0.138. The second-order valence-corrected chi connectivity index (χ2v) is 14.3. The van der Waals surface area contributed by atoms with Gasteiger partial charge in [0.2, 0.25) is 0 Å². The number of aliphatic imine (C=N–C) groups is 1. The molecular weight excluding hydrogens is 627 g/mol. The van der Waals surface area contributed by atoms with E-state index in [9.17, 15) is 38.5 Å². The molecule has 0 bridgehead atoms. The highest BCUT2D eigenvalue weighted by Crippen LogP contribution is 2.64. The Balaban J connectivity index is 1.78. The van der Waals surface area contributed by atoms with E-state index in [-0.39, 0.29) is 12.2 Å². The number of nitrogens with zero attached hydrogens (tertiary/aromatic N) is 3. The number of aliphatic hydroxyl groups excluding tert-OH is 2. The third-order valence-corrected chi connectivity index (χ3v) is 10.8. The zero-order valence-corrected chi connectivity index (χ0v) is 23.6. The fourth-order valence-electron chi connectivity index (χ4n) is 3.67. The number of fused-ring (bicyclic) bond motifs is 1. The van der Waals surface area contributed by atoms with E-state index in [2.05, 4.69) is 23.9 Å². The number of carboxylic acids is 1. The van der Waals surface area contributed by atoms with Crippen molar-refractivity contribution in [3.8, 4) is 0 Å². The molecule has 40 heavy (non-hydrogen) atoms. The number of hydrogen-bond donors (Lipinski definition) is 11. The number of thioether (sulfide) groups is 1. The first-order chi connectivity index (χ1) is 18.4. The van der Waals surface area contributed by atoms with Gasteiger partial charge in [-0.3, -0.25) is 14.4 Å². The Hall–Kier alpha value is -1.29. The molecule has 0 amide bonds. The molecule has 1 aromatic heterocycles. The maximum Gasteiger partial charge on any atom is 0.489 e. The summed E-state index contributed by atoms with van der Waals surface area (Å²) in [5.74, 6) is -0.970. The molecule has 25 heteroatoms. The predicted octanol–water partition coefficient (Wildman–Crippen LogP) is -2.27. The number of hydrogen-bond acceptors (Lipinski definition) is 15. The normalized spacial score (nSPS) is 29.1. The van der Waals surface area contributed by atoms with Gasteiger partial charge >= 0.3 is 29.4 Å². The average molecular weight is 655 g/mol. The number of nitrogens with two attached hydrogens (primary N) is 2. The van der Waals surface area contributed by atoms with Crippen molar-refractivity contribution in [1.82, 2.24) is 14.6 Å². The Bertz CT molecular complexity index is 1250. The van der Waals surface area contributed by atoms with Crippen LogP contribution in [0.3, 0.4) is 0 Å². The summed E-state index contributed by atoms with van der Waals surface area (Å²) in [5.41, 5.74) is 11.7. The van der Waals surface area contributed by atoms with E-state index in [1.165, 1.54) is 17.2 Å². The number of phosphoric acid groups is 2. The third-order valence-electron chi connectivity index (χ3n) is 5.45. The summed E-state index contributed by atoms with van der Waals surface area (Å²) in [5, 5.41) is 34.2. The van der Waals surface area contributed by atoms with Crippen LogP contribution in [0.15, 0.2) is 11.3 Å². The highest BCUT2D eigenvalue weighted by atomic mass is 32.2. The number of carbonyl (C=O) groups is 1. The molecule has 0 radical (unpaired) electrons. The summed E-state index contributed by atoms with van der Waals surface area (Å²) < 4.78 is 49.6. The molecule has 2 aliphatic heterocycles. The SMILES string of the molecule is NC(CCS[C@@H](CNP(=O)(O)OP(=O)(O)OP(=O)(O)O)[C@H]1OC(n2cnc3c2NC=NC3N)[C@H](O)[C@@H]1O)C(=O)O. The van der Waals surface area contributed by atoms with Crippen molar-refractivity contribution in [3.63, 3.8) is 0 Å². The van der Waals surface area contributed by atoms with Gasteiger partial charge in [-0.05, 0) is 12.2 Å². The smallest absolute Gasteiger partial charge is 0.480 e. The van der Waals surface area contributed by atoms with Crippen LogP contribution in [0.1, 0.15) is 24.5 Å². The topological polar surface area (TPSA) is 344 Å². The van der Waals surface area contributed by atoms with E-state index >= 15 is 0 Å². The van der Waals surface area contributed by atoms with Gasteiger partial charge in [-0.2, -0.15) is 20.4 Å². The minimum Gasteiger partial charge on any atom is -0.480 e. The molecule has 0 spiro atoms. The van der Waals surface area contributed by atoms with Crippen LogP contribution in [0.5, 0.6) is 0 Å². The van der Waals surface area contributed by atoms with Crippen molar-refractivity contribution in [1.29, 1.82) is 0 Å². The van der Waals surface area contributed by atoms with E-state index in [0.717, 1.165) is 11.8 Å². The number of imidazole rings is 1. The molecular formula is C15H28N7O14P3S. The van der Waals surface area contributed by atoms with Gasteiger partial charge < -0.3 is 56.4 Å². The summed E-state index contributed by atoms with van der Waals surface area (Å²) in [6, 6.07) is -1.26. The lowest BCUT2D eigenvalue weighted by atomic mass is 10.1. The molecule has 21 nitrogen and oxygen atoms in total. The average Bonchev–Trinajstić information content (AvgIpc) is 3.35. The summed E-state index contributed by atoms with van der Waals surface area (Å²) >= 11 is 0.909. The van der Waals surface area contributed by atoms with Crippen molar-refractivity contribution in [2.75, 3.05) is 17.6 Å². The zero-order valence-electron chi connectivity index (χ0n) is 20.1. The van der Waals surface area contributed by atoms with Crippen LogP contribution in [0.4, 0.5) is 5.82 Å². The van der Waals surface area contributed by atoms with Gasteiger partial charge in [-0.1, -0.05) is 0 Å². The summed E-state index contributed by atoms with van der Waals surface area (Å²) in [6.45, 7) is -0.643. The van der Waals surface area contributed by atoms with Gasteiger partial charge in [0.25, 0.3) is 0 Å². The van der Waals surface area contributed by atoms with Crippen molar-refractivity contribution >= 4 is 53.3 Å². The zero-order chi connectivity index (χ0) is 30.0. The highest BCUT2D eigenvalue weighted by Gasteiger charge is 2.49. The van der Waals surface area contributed by atoms with Gasteiger partial charge in [0.05, 0.1) is 12.7 Å². The number of aliphatic hydroxyl groups is 2. The van der Waals surface area contributed by atoms with Gasteiger partial charge in [0, 0.05) is 11.8 Å². The maximum atomic E-state index is 12.3. The fraction of sp³-hybridized carbons (Fsp3) is 0.667. The molecule has 0 aliphatic carbocycles. The number of aromatic nitrogens is 2. The first kappa shape index (κ1) is 33.2. The van der Waals surface area contributed by atoms with E-state index in [1.54, 1.807) is 0 Å².